The molecule has 0 bridgehead atoms. The molecule has 0 radical (unpaired) electrons. The van der Waals surface area contributed by atoms with Crippen LogP contribution in [0.5, 0.6) is 5.75 Å². The third-order valence-corrected chi connectivity index (χ3v) is 3.76. The number of amides is 1. The van der Waals surface area contributed by atoms with Gasteiger partial charge in [0.1, 0.15) is 17.3 Å². The lowest BCUT2D eigenvalue weighted by Gasteiger charge is -2.14. The molecule has 1 saturated heterocycles. The zero-order valence-corrected chi connectivity index (χ0v) is 14.0. The lowest BCUT2D eigenvalue weighted by Crippen LogP contribution is -2.28. The van der Waals surface area contributed by atoms with Gasteiger partial charge in [-0.1, -0.05) is 0 Å². The van der Waals surface area contributed by atoms with Crippen molar-refractivity contribution in [1.29, 1.82) is 0 Å². The summed E-state index contributed by atoms with van der Waals surface area (Å²) in [6, 6.07) is 7.65. The second kappa shape index (κ2) is 7.29. The van der Waals surface area contributed by atoms with Crippen LogP contribution in [-0.2, 0) is 0 Å². The molecule has 1 aromatic carbocycles. The van der Waals surface area contributed by atoms with Gasteiger partial charge >= 0.3 is 0 Å². The van der Waals surface area contributed by atoms with Crippen LogP contribution < -0.4 is 10.1 Å². The van der Waals surface area contributed by atoms with Crippen molar-refractivity contribution in [2.24, 2.45) is 0 Å². The molecule has 0 saturated carbocycles. The lowest BCUT2D eigenvalue weighted by atomic mass is 10.3. The van der Waals surface area contributed by atoms with Gasteiger partial charge in [0.05, 0.1) is 18.5 Å². The summed E-state index contributed by atoms with van der Waals surface area (Å²) >= 11 is 0. The number of likely N-dealkylation sites (tertiary alicyclic amines) is 1. The molecule has 24 heavy (non-hydrogen) atoms. The number of hydrogen-bond acceptors (Lipinski definition) is 5. The maximum Gasteiger partial charge on any atom is 0.274 e. The van der Waals surface area contributed by atoms with Crippen molar-refractivity contribution >= 4 is 17.4 Å². The monoisotopic (exact) mass is 326 g/mol. The summed E-state index contributed by atoms with van der Waals surface area (Å²) < 4.78 is 5.61. The van der Waals surface area contributed by atoms with Gasteiger partial charge in [-0.15, -0.1) is 0 Å². The summed E-state index contributed by atoms with van der Waals surface area (Å²) in [6.07, 6.45) is 5.39. The van der Waals surface area contributed by atoms with Crippen molar-refractivity contribution in [3.63, 3.8) is 0 Å². The number of carbonyl (C=O) groups excluding carboxylic acids is 1. The normalized spacial score (nSPS) is 14.0. The second-order valence-electron chi connectivity index (χ2n) is 6.10. The minimum Gasteiger partial charge on any atom is -0.491 e. The number of nitrogens with zero attached hydrogens (tertiary/aromatic N) is 3. The molecular weight excluding hydrogens is 304 g/mol. The van der Waals surface area contributed by atoms with E-state index in [1.165, 1.54) is 6.20 Å². The van der Waals surface area contributed by atoms with E-state index < -0.39 is 0 Å². The van der Waals surface area contributed by atoms with E-state index in [0.717, 1.165) is 37.4 Å². The molecule has 1 aromatic heterocycles. The number of carbonyl (C=O) groups is 1. The molecule has 1 amide bonds. The number of rotatable bonds is 5. The Morgan fingerprint density at radius 1 is 1.12 bits per heavy atom. The maximum atomic E-state index is 12.2. The summed E-state index contributed by atoms with van der Waals surface area (Å²) in [7, 11) is 0. The summed E-state index contributed by atoms with van der Waals surface area (Å²) in [5.41, 5.74) is 1.28. The molecule has 1 N–H and O–H groups in total. The van der Waals surface area contributed by atoms with E-state index >= 15 is 0 Å². The van der Waals surface area contributed by atoms with Gasteiger partial charge in [-0.2, -0.15) is 0 Å². The van der Waals surface area contributed by atoms with E-state index in [4.69, 9.17) is 4.74 Å². The van der Waals surface area contributed by atoms with Crippen LogP contribution in [0.25, 0.3) is 0 Å². The third kappa shape index (κ3) is 4.01. The summed E-state index contributed by atoms with van der Waals surface area (Å²) in [4.78, 5) is 22.6. The van der Waals surface area contributed by atoms with Gasteiger partial charge in [0.2, 0.25) is 0 Å². The number of anilines is 2. The fourth-order valence-electron chi connectivity index (χ4n) is 2.62. The summed E-state index contributed by atoms with van der Waals surface area (Å²) in [5.74, 6) is 1.39. The van der Waals surface area contributed by atoms with Gasteiger partial charge < -0.3 is 15.0 Å². The Morgan fingerprint density at radius 2 is 1.83 bits per heavy atom. The fraction of sp³-hybridized carbons (Fsp3) is 0.389. The van der Waals surface area contributed by atoms with Crippen molar-refractivity contribution in [2.75, 3.05) is 18.4 Å². The Balaban J connectivity index is 1.62. The zero-order valence-electron chi connectivity index (χ0n) is 14.0. The van der Waals surface area contributed by atoms with Gasteiger partial charge in [0.15, 0.2) is 0 Å². The molecule has 2 heterocycles. The summed E-state index contributed by atoms with van der Waals surface area (Å²) in [5, 5.41) is 3.17. The lowest BCUT2D eigenvalue weighted by molar-refractivity contribution is 0.0786. The van der Waals surface area contributed by atoms with Gasteiger partial charge in [0.25, 0.3) is 5.91 Å². The number of benzene rings is 1. The largest absolute Gasteiger partial charge is 0.491 e. The van der Waals surface area contributed by atoms with Crippen LogP contribution >= 0.6 is 0 Å². The molecule has 1 fully saturated rings. The quantitative estimate of drug-likeness (QED) is 0.913. The number of ether oxygens (including phenoxy) is 1. The average molecular weight is 326 g/mol. The highest BCUT2D eigenvalue weighted by molar-refractivity contribution is 5.92. The zero-order chi connectivity index (χ0) is 16.9. The van der Waals surface area contributed by atoms with Crippen molar-refractivity contribution in [3.8, 4) is 5.75 Å². The van der Waals surface area contributed by atoms with E-state index in [9.17, 15) is 4.79 Å². The molecule has 6 heteroatoms. The molecule has 3 rings (SSSR count). The Hall–Kier alpha value is -2.63. The van der Waals surface area contributed by atoms with Crippen LogP contribution in [0.4, 0.5) is 11.5 Å². The molecule has 1 aliphatic rings. The highest BCUT2D eigenvalue weighted by Gasteiger charge is 2.20. The SMILES string of the molecule is CC(C)Oc1ccc(Nc2cnc(C(=O)N3CCCC3)cn2)cc1. The highest BCUT2D eigenvalue weighted by Crippen LogP contribution is 2.19. The van der Waals surface area contributed by atoms with Gasteiger partial charge in [0, 0.05) is 18.8 Å². The van der Waals surface area contributed by atoms with Crippen molar-refractivity contribution < 1.29 is 9.53 Å². The Kier molecular flexibility index (Phi) is 4.93. The highest BCUT2D eigenvalue weighted by atomic mass is 16.5. The molecule has 6 nitrogen and oxygen atoms in total. The topological polar surface area (TPSA) is 67.3 Å². The van der Waals surface area contributed by atoms with E-state index in [2.05, 4.69) is 15.3 Å². The average Bonchev–Trinajstić information content (AvgIpc) is 3.11. The van der Waals surface area contributed by atoms with E-state index in [0.29, 0.717) is 11.5 Å². The third-order valence-electron chi connectivity index (χ3n) is 3.76. The number of aromatic nitrogens is 2. The standard InChI is InChI=1S/C18H22N4O2/c1-13(2)24-15-7-5-14(6-8-15)21-17-12-19-16(11-20-17)18(23)22-9-3-4-10-22/h5-8,11-13H,3-4,9-10H2,1-2H3,(H,20,21). The predicted octanol–water partition coefficient (Wildman–Crippen LogP) is 3.24. The Labute approximate surface area is 141 Å². The van der Waals surface area contributed by atoms with Gasteiger partial charge in [-0.3, -0.25) is 4.79 Å². The van der Waals surface area contributed by atoms with Crippen LogP contribution in [0.2, 0.25) is 0 Å². The molecule has 126 valence electrons. The van der Waals surface area contributed by atoms with Crippen LogP contribution in [0.15, 0.2) is 36.7 Å². The molecule has 0 spiro atoms. The molecule has 0 atom stereocenters. The first-order valence-corrected chi connectivity index (χ1v) is 8.27. The fourth-order valence-corrected chi connectivity index (χ4v) is 2.62. The van der Waals surface area contributed by atoms with Crippen LogP contribution in [-0.4, -0.2) is 40.0 Å². The van der Waals surface area contributed by atoms with Crippen molar-refractivity contribution in [2.45, 2.75) is 32.8 Å². The molecule has 1 aliphatic heterocycles. The molecular formula is C18H22N4O2. The first kappa shape index (κ1) is 16.2. The Bertz CT molecular complexity index is 677. The van der Waals surface area contributed by atoms with Crippen LogP contribution in [0.1, 0.15) is 37.2 Å². The second-order valence-corrected chi connectivity index (χ2v) is 6.10. The first-order chi connectivity index (χ1) is 11.6. The minimum absolute atomic E-state index is 0.0401. The smallest absolute Gasteiger partial charge is 0.274 e. The number of hydrogen-bond donors (Lipinski definition) is 1. The summed E-state index contributed by atoms with van der Waals surface area (Å²) in [6.45, 7) is 5.61. The molecule has 0 unspecified atom stereocenters. The van der Waals surface area contributed by atoms with Crippen molar-refractivity contribution in [3.05, 3.63) is 42.4 Å². The first-order valence-electron chi connectivity index (χ1n) is 8.27. The Morgan fingerprint density at radius 3 is 2.42 bits per heavy atom. The van der Waals surface area contributed by atoms with Crippen LogP contribution in [0.3, 0.4) is 0 Å². The minimum atomic E-state index is -0.0401. The predicted molar refractivity (Wildman–Crippen MR) is 92.7 cm³/mol. The van der Waals surface area contributed by atoms with Gasteiger partial charge in [-0.25, -0.2) is 9.97 Å². The van der Waals surface area contributed by atoms with E-state index in [-0.39, 0.29) is 12.0 Å². The van der Waals surface area contributed by atoms with E-state index in [1.807, 2.05) is 43.0 Å². The van der Waals surface area contributed by atoms with Crippen molar-refractivity contribution in [1.82, 2.24) is 14.9 Å². The van der Waals surface area contributed by atoms with Crippen LogP contribution in [0, 0.1) is 0 Å². The van der Waals surface area contributed by atoms with Gasteiger partial charge in [-0.05, 0) is 51.0 Å². The van der Waals surface area contributed by atoms with E-state index in [1.54, 1.807) is 6.20 Å². The molecule has 2 aromatic rings. The maximum absolute atomic E-state index is 12.2. The molecule has 0 aliphatic carbocycles. The number of nitrogens with one attached hydrogen (secondary N) is 1.